The van der Waals surface area contributed by atoms with Crippen LogP contribution in [0.1, 0.15) is 108 Å². The second-order valence-electron chi connectivity index (χ2n) is 14.5. The highest BCUT2D eigenvalue weighted by Gasteiger charge is 2.65. The van der Waals surface area contributed by atoms with Gasteiger partial charge in [0.15, 0.2) is 0 Å². The number of carbonyl (C=O) groups excluding carboxylic acids is 1. The Morgan fingerprint density at radius 1 is 1.03 bits per heavy atom. The molecule has 0 aromatic carbocycles. The van der Waals surface area contributed by atoms with Crippen molar-refractivity contribution in [3.8, 4) is 6.07 Å². The third-order valence-electron chi connectivity index (χ3n) is 12.5. The molecule has 5 heteroatoms. The maximum absolute atomic E-state index is 12.6. The molecule has 37 heavy (non-hydrogen) atoms. The van der Waals surface area contributed by atoms with Gasteiger partial charge in [-0.1, -0.05) is 13.3 Å². The van der Waals surface area contributed by atoms with Crippen LogP contribution < -0.4 is 0 Å². The van der Waals surface area contributed by atoms with E-state index in [4.69, 9.17) is 5.10 Å². The molecule has 0 aliphatic heterocycles. The van der Waals surface area contributed by atoms with Crippen molar-refractivity contribution in [2.24, 2.45) is 52.8 Å². The second kappa shape index (κ2) is 8.56. The van der Waals surface area contributed by atoms with Gasteiger partial charge >= 0.3 is 0 Å². The highest BCUT2D eigenvalue weighted by atomic mass is 16.3. The monoisotopic (exact) mass is 501 g/mol. The molecule has 5 nitrogen and oxygen atoms in total. The van der Waals surface area contributed by atoms with Gasteiger partial charge in [0, 0.05) is 23.6 Å². The zero-order valence-electron chi connectivity index (χ0n) is 22.7. The van der Waals surface area contributed by atoms with Crippen molar-refractivity contribution >= 4 is 5.94 Å². The summed E-state index contributed by atoms with van der Waals surface area (Å²) in [4.78, 5) is 12.6. The largest absolute Gasteiger partial charge is 0.390 e. The predicted octanol–water partition coefficient (Wildman–Crippen LogP) is 6.05. The van der Waals surface area contributed by atoms with Crippen molar-refractivity contribution in [3.63, 3.8) is 0 Å². The van der Waals surface area contributed by atoms with Gasteiger partial charge in [-0.3, -0.25) is 4.68 Å². The normalized spacial score (nSPS) is 46.2. The van der Waals surface area contributed by atoms with E-state index in [-0.39, 0.29) is 5.41 Å². The Morgan fingerprint density at radius 3 is 2.54 bits per heavy atom. The highest BCUT2D eigenvalue weighted by Crippen LogP contribution is 2.71. The van der Waals surface area contributed by atoms with Gasteiger partial charge in [-0.05, 0) is 124 Å². The van der Waals surface area contributed by atoms with Crippen molar-refractivity contribution in [2.45, 2.75) is 109 Å². The minimum atomic E-state index is -0.465. The summed E-state index contributed by atoms with van der Waals surface area (Å²) in [6.07, 6.45) is 16.2. The lowest BCUT2D eigenvalue weighted by molar-refractivity contribution is -0.105. The summed E-state index contributed by atoms with van der Waals surface area (Å²) >= 11 is 0. The molecule has 0 amide bonds. The van der Waals surface area contributed by atoms with Gasteiger partial charge in [0.25, 0.3) is 0 Å². The number of hydrogen-bond acceptors (Lipinski definition) is 4. The summed E-state index contributed by atoms with van der Waals surface area (Å²) in [5.74, 6) is 8.34. The van der Waals surface area contributed by atoms with E-state index in [9.17, 15) is 15.2 Å². The van der Waals surface area contributed by atoms with Crippen LogP contribution in [-0.2, 0) is 11.3 Å². The zero-order chi connectivity index (χ0) is 25.5. The lowest BCUT2D eigenvalue weighted by Gasteiger charge is -2.57. The number of nitrogens with zero attached hydrogens (tertiary/aromatic N) is 3. The van der Waals surface area contributed by atoms with Crippen LogP contribution in [0.5, 0.6) is 0 Å². The molecule has 0 saturated heterocycles. The number of rotatable bonds is 4. The van der Waals surface area contributed by atoms with Gasteiger partial charge < -0.3 is 5.11 Å². The van der Waals surface area contributed by atoms with Crippen LogP contribution in [0, 0.1) is 64.1 Å². The Kier molecular flexibility index (Phi) is 5.59. The van der Waals surface area contributed by atoms with Gasteiger partial charge in [-0.15, -0.1) is 0 Å². The molecule has 0 bridgehead atoms. The minimum absolute atomic E-state index is 0.168. The Labute approximate surface area is 221 Å². The van der Waals surface area contributed by atoms with Crippen LogP contribution in [0.15, 0.2) is 11.8 Å². The Balaban J connectivity index is 1.18. The quantitative estimate of drug-likeness (QED) is 0.510. The van der Waals surface area contributed by atoms with E-state index < -0.39 is 5.60 Å². The van der Waals surface area contributed by atoms with Crippen LogP contribution in [0.3, 0.4) is 0 Å². The fourth-order valence-corrected chi connectivity index (χ4v) is 11.2. The van der Waals surface area contributed by atoms with E-state index in [1.54, 1.807) is 0 Å². The number of hydrogen-bond donors (Lipinski definition) is 1. The third kappa shape index (κ3) is 3.73. The van der Waals surface area contributed by atoms with E-state index in [0.717, 1.165) is 60.6 Å². The summed E-state index contributed by atoms with van der Waals surface area (Å²) in [7, 11) is 0. The molecule has 1 heterocycles. The molecule has 1 aromatic heterocycles. The van der Waals surface area contributed by atoms with Crippen LogP contribution >= 0.6 is 0 Å². The first kappa shape index (κ1) is 24.2. The average molecular weight is 502 g/mol. The zero-order valence-corrected chi connectivity index (χ0v) is 22.7. The summed E-state index contributed by atoms with van der Waals surface area (Å²) in [6.45, 7) is 5.08. The fourth-order valence-electron chi connectivity index (χ4n) is 11.2. The highest BCUT2D eigenvalue weighted by molar-refractivity contribution is 5.55. The minimum Gasteiger partial charge on any atom is -0.390 e. The Bertz CT molecular complexity index is 1170. The number of fused-ring (bicyclic) bond motifs is 7. The summed E-state index contributed by atoms with van der Waals surface area (Å²) in [5, 5.41) is 25.2. The SMILES string of the molecule is C[C@@]1(O)CC[C@H]2C(CCC3C4[C@@H]5CCC[C@@H]5[C@H](C(=C=O)Cn5cc(C#N)c(C6CC6)n5)[C@@]4(C)CC[C@@H]32)C1. The summed E-state index contributed by atoms with van der Waals surface area (Å²) < 4.78 is 1.89. The van der Waals surface area contributed by atoms with E-state index in [2.05, 4.69) is 25.9 Å². The van der Waals surface area contributed by atoms with Gasteiger partial charge in [0.2, 0.25) is 0 Å². The van der Waals surface area contributed by atoms with Crippen LogP contribution in [0.4, 0.5) is 0 Å². The number of aromatic nitrogens is 2. The molecule has 1 aromatic rings. The first-order valence-corrected chi connectivity index (χ1v) is 15.3. The van der Waals surface area contributed by atoms with Gasteiger partial charge in [0.1, 0.15) is 12.0 Å². The number of allylic oxidation sites excluding steroid dienone is 1. The third-order valence-corrected chi connectivity index (χ3v) is 12.5. The van der Waals surface area contributed by atoms with Crippen molar-refractivity contribution in [1.29, 1.82) is 5.26 Å². The van der Waals surface area contributed by atoms with Gasteiger partial charge in [0.05, 0.1) is 23.4 Å². The molecular weight excluding hydrogens is 458 g/mol. The molecule has 0 spiro atoms. The second-order valence-corrected chi connectivity index (χ2v) is 14.5. The molecule has 10 atom stereocenters. The van der Waals surface area contributed by atoms with Gasteiger partial charge in [-0.2, -0.15) is 10.4 Å². The van der Waals surface area contributed by atoms with Crippen LogP contribution in [0.2, 0.25) is 0 Å². The number of nitriles is 1. The molecule has 6 aliphatic rings. The Morgan fingerprint density at radius 2 is 1.78 bits per heavy atom. The molecule has 198 valence electrons. The van der Waals surface area contributed by atoms with Crippen molar-refractivity contribution in [1.82, 2.24) is 9.78 Å². The van der Waals surface area contributed by atoms with Crippen molar-refractivity contribution < 1.29 is 9.90 Å². The fraction of sp³-hybridized carbons (Fsp3) is 0.812. The molecule has 0 radical (unpaired) electrons. The Hall–Kier alpha value is -1.89. The lowest BCUT2D eigenvalue weighted by atomic mass is 9.48. The first-order valence-electron chi connectivity index (χ1n) is 15.3. The lowest BCUT2D eigenvalue weighted by Crippen LogP contribution is -2.51. The molecule has 6 saturated carbocycles. The van der Waals surface area contributed by atoms with Crippen LogP contribution in [-0.4, -0.2) is 26.4 Å². The predicted molar refractivity (Wildman–Crippen MR) is 141 cm³/mol. The topological polar surface area (TPSA) is 78.9 Å². The molecule has 3 unspecified atom stereocenters. The standard InChI is InChI=1S/C32H43N3O2/c1-31(37)12-10-23-20(14-31)8-9-27-24(23)11-13-32(2)28(25-4-3-5-26(25)29(27)32)22(18-36)17-35-16-21(15-33)30(34-35)19-6-7-19/h16,19-20,23-29,37H,3-14,17H2,1-2H3/t20?,23-,24+,25-,26+,27?,28-,29?,31+,32+/m0/s1. The van der Waals surface area contributed by atoms with Crippen LogP contribution in [0.25, 0.3) is 0 Å². The molecule has 7 rings (SSSR count). The maximum atomic E-state index is 12.6. The molecule has 6 aliphatic carbocycles. The first-order chi connectivity index (χ1) is 17.8. The maximum Gasteiger partial charge on any atom is 0.125 e. The van der Waals surface area contributed by atoms with E-state index >= 15 is 0 Å². The average Bonchev–Trinajstić information content (AvgIpc) is 3.38. The summed E-state index contributed by atoms with van der Waals surface area (Å²) in [6, 6.07) is 2.34. The molecule has 6 fully saturated rings. The summed E-state index contributed by atoms with van der Waals surface area (Å²) in [5.41, 5.74) is 2.24. The van der Waals surface area contributed by atoms with E-state index in [0.29, 0.717) is 41.7 Å². The van der Waals surface area contributed by atoms with E-state index in [1.165, 1.54) is 51.4 Å². The van der Waals surface area contributed by atoms with Gasteiger partial charge in [-0.25, -0.2) is 4.79 Å². The smallest absolute Gasteiger partial charge is 0.125 e. The van der Waals surface area contributed by atoms with Crippen molar-refractivity contribution in [3.05, 3.63) is 23.0 Å². The van der Waals surface area contributed by atoms with E-state index in [1.807, 2.05) is 10.9 Å². The van der Waals surface area contributed by atoms with Crippen molar-refractivity contribution in [2.75, 3.05) is 0 Å². The molecule has 1 N–H and O–H groups in total. The molecular formula is C32H43N3O2. The number of aliphatic hydroxyl groups is 1.